The van der Waals surface area contributed by atoms with Gasteiger partial charge in [-0.25, -0.2) is 0 Å². The van der Waals surface area contributed by atoms with E-state index in [0.717, 1.165) is 19.5 Å². The molecule has 0 bridgehead atoms. The Morgan fingerprint density at radius 3 is 2.00 bits per heavy atom. The summed E-state index contributed by atoms with van der Waals surface area (Å²) in [5.41, 5.74) is 10.6. The molecular formula is C5H14N2Pt. The van der Waals surface area contributed by atoms with Crippen molar-refractivity contribution in [2.75, 3.05) is 13.1 Å². The maximum atomic E-state index is 5.30. The van der Waals surface area contributed by atoms with E-state index in [1.165, 1.54) is 0 Å². The van der Waals surface area contributed by atoms with Crippen molar-refractivity contribution in [3.63, 3.8) is 0 Å². The summed E-state index contributed by atoms with van der Waals surface area (Å²) in [5.74, 6) is 0.602. The molecule has 0 aromatic heterocycles. The topological polar surface area (TPSA) is 52.0 Å². The van der Waals surface area contributed by atoms with E-state index in [2.05, 4.69) is 6.92 Å². The molecule has 0 spiro atoms. The fraction of sp³-hybridized carbons (Fsp3) is 1.00. The average Bonchev–Trinajstić information content (AvgIpc) is 1.68. The minimum absolute atomic E-state index is 0. The van der Waals surface area contributed by atoms with Crippen molar-refractivity contribution in [2.45, 2.75) is 13.3 Å². The first-order chi connectivity index (χ1) is 3.31. The molecule has 0 amide bonds. The molecule has 0 aliphatic rings. The monoisotopic (exact) mass is 297 g/mol. The number of hydrogen-bond donors (Lipinski definition) is 2. The summed E-state index contributed by atoms with van der Waals surface area (Å²) in [7, 11) is 0. The van der Waals surface area contributed by atoms with E-state index in [-0.39, 0.29) is 21.1 Å². The van der Waals surface area contributed by atoms with Crippen LogP contribution in [0.15, 0.2) is 0 Å². The molecule has 0 radical (unpaired) electrons. The third-order valence-electron chi connectivity index (χ3n) is 1.06. The van der Waals surface area contributed by atoms with Gasteiger partial charge < -0.3 is 11.5 Å². The normalized spacial score (nSPS) is 12.4. The number of nitrogens with two attached hydrogens (primary N) is 2. The summed E-state index contributed by atoms with van der Waals surface area (Å²) in [4.78, 5) is 0. The van der Waals surface area contributed by atoms with Crippen LogP contribution in [0.4, 0.5) is 0 Å². The minimum Gasteiger partial charge on any atom is -0.330 e. The zero-order valence-corrected chi connectivity index (χ0v) is 7.44. The van der Waals surface area contributed by atoms with Gasteiger partial charge >= 0.3 is 0 Å². The zero-order chi connectivity index (χ0) is 5.70. The molecule has 1 atom stereocenters. The van der Waals surface area contributed by atoms with Gasteiger partial charge in [0.1, 0.15) is 0 Å². The molecule has 4 N–H and O–H groups in total. The Kier molecular flexibility index (Phi) is 10.9. The van der Waals surface area contributed by atoms with Gasteiger partial charge in [0.05, 0.1) is 0 Å². The first-order valence-corrected chi connectivity index (χ1v) is 2.71. The van der Waals surface area contributed by atoms with Crippen LogP contribution in [-0.4, -0.2) is 13.1 Å². The van der Waals surface area contributed by atoms with Gasteiger partial charge in [0.2, 0.25) is 0 Å². The van der Waals surface area contributed by atoms with Crippen molar-refractivity contribution in [2.24, 2.45) is 17.4 Å². The van der Waals surface area contributed by atoms with E-state index in [9.17, 15) is 0 Å². The molecule has 0 aliphatic heterocycles. The van der Waals surface area contributed by atoms with E-state index >= 15 is 0 Å². The molecule has 8 heavy (non-hydrogen) atoms. The quantitative estimate of drug-likeness (QED) is 0.766. The van der Waals surface area contributed by atoms with Gasteiger partial charge in [-0.05, 0) is 25.4 Å². The molecule has 54 valence electrons. The van der Waals surface area contributed by atoms with E-state index < -0.39 is 0 Å². The third kappa shape index (κ3) is 6.61. The van der Waals surface area contributed by atoms with Crippen LogP contribution in [0, 0.1) is 5.92 Å². The van der Waals surface area contributed by atoms with Gasteiger partial charge in [-0.1, -0.05) is 6.92 Å². The largest absolute Gasteiger partial charge is 0.330 e. The van der Waals surface area contributed by atoms with Crippen LogP contribution in [0.1, 0.15) is 13.3 Å². The van der Waals surface area contributed by atoms with Gasteiger partial charge in [0, 0.05) is 21.1 Å². The maximum Gasteiger partial charge on any atom is 0 e. The number of rotatable bonds is 3. The Labute approximate surface area is 65.3 Å². The molecule has 1 unspecified atom stereocenters. The van der Waals surface area contributed by atoms with E-state index in [1.807, 2.05) is 0 Å². The fourth-order valence-electron chi connectivity index (χ4n) is 0.402. The second-order valence-corrected chi connectivity index (χ2v) is 1.92. The SMILES string of the molecule is CC(CN)CCN.[Pt]. The van der Waals surface area contributed by atoms with Gasteiger partial charge in [0.15, 0.2) is 0 Å². The van der Waals surface area contributed by atoms with Crippen LogP contribution in [0.5, 0.6) is 0 Å². The predicted octanol–water partition coefficient (Wildman–Crippen LogP) is -0.0725. The molecule has 0 aliphatic carbocycles. The second-order valence-electron chi connectivity index (χ2n) is 1.92. The van der Waals surface area contributed by atoms with Crippen molar-refractivity contribution < 1.29 is 21.1 Å². The molecule has 0 aromatic rings. The van der Waals surface area contributed by atoms with Crippen LogP contribution >= 0.6 is 0 Å². The minimum atomic E-state index is 0. The molecule has 0 saturated heterocycles. The van der Waals surface area contributed by atoms with E-state index in [4.69, 9.17) is 11.5 Å². The Bertz CT molecular complexity index is 41.4. The Hall–Kier alpha value is 0.608. The van der Waals surface area contributed by atoms with Crippen molar-refractivity contribution >= 4 is 0 Å². The third-order valence-corrected chi connectivity index (χ3v) is 1.06. The van der Waals surface area contributed by atoms with Crippen molar-refractivity contribution in [1.29, 1.82) is 0 Å². The second kappa shape index (κ2) is 7.61. The van der Waals surface area contributed by atoms with Crippen LogP contribution in [-0.2, 0) is 21.1 Å². The molecule has 3 heteroatoms. The average molecular weight is 297 g/mol. The van der Waals surface area contributed by atoms with Gasteiger partial charge in [-0.2, -0.15) is 0 Å². The molecule has 0 heterocycles. The summed E-state index contributed by atoms with van der Waals surface area (Å²) in [6, 6.07) is 0. The number of hydrogen-bond acceptors (Lipinski definition) is 2. The molecular weight excluding hydrogens is 283 g/mol. The zero-order valence-electron chi connectivity index (χ0n) is 5.17. The van der Waals surface area contributed by atoms with Crippen molar-refractivity contribution in [1.82, 2.24) is 0 Å². The fourth-order valence-corrected chi connectivity index (χ4v) is 0.402. The van der Waals surface area contributed by atoms with Crippen molar-refractivity contribution in [3.05, 3.63) is 0 Å². The Morgan fingerprint density at radius 2 is 1.88 bits per heavy atom. The van der Waals surface area contributed by atoms with Crippen LogP contribution < -0.4 is 11.5 Å². The molecule has 2 nitrogen and oxygen atoms in total. The van der Waals surface area contributed by atoms with E-state index in [0.29, 0.717) is 5.92 Å². The Morgan fingerprint density at radius 1 is 1.38 bits per heavy atom. The first-order valence-electron chi connectivity index (χ1n) is 2.71. The van der Waals surface area contributed by atoms with Crippen molar-refractivity contribution in [3.8, 4) is 0 Å². The van der Waals surface area contributed by atoms with Crippen LogP contribution in [0.3, 0.4) is 0 Å². The predicted molar refractivity (Wildman–Crippen MR) is 31.9 cm³/mol. The molecule has 0 fully saturated rings. The van der Waals surface area contributed by atoms with E-state index in [1.54, 1.807) is 0 Å². The summed E-state index contributed by atoms with van der Waals surface area (Å²) < 4.78 is 0. The maximum absolute atomic E-state index is 5.30. The van der Waals surface area contributed by atoms with Gasteiger partial charge in [-0.15, -0.1) is 0 Å². The summed E-state index contributed by atoms with van der Waals surface area (Å²) in [6.07, 6.45) is 1.05. The molecule has 0 aromatic carbocycles. The Balaban J connectivity index is 0. The van der Waals surface area contributed by atoms with Gasteiger partial charge in [-0.3, -0.25) is 0 Å². The smallest absolute Gasteiger partial charge is 0 e. The van der Waals surface area contributed by atoms with Crippen LogP contribution in [0.25, 0.3) is 0 Å². The molecule has 0 rings (SSSR count). The first kappa shape index (κ1) is 11.4. The van der Waals surface area contributed by atoms with Crippen LogP contribution in [0.2, 0.25) is 0 Å². The molecule has 0 saturated carbocycles. The summed E-state index contributed by atoms with van der Waals surface area (Å²) in [5, 5.41) is 0. The standard InChI is InChI=1S/C5H14N2.Pt/c1-5(4-7)2-3-6;/h5H,2-4,6-7H2,1H3;. The summed E-state index contributed by atoms with van der Waals surface area (Å²) >= 11 is 0. The van der Waals surface area contributed by atoms with Gasteiger partial charge in [0.25, 0.3) is 0 Å². The summed E-state index contributed by atoms with van der Waals surface area (Å²) in [6.45, 7) is 3.63.